The van der Waals surface area contributed by atoms with Gasteiger partial charge in [-0.1, -0.05) is 37.6 Å². The van der Waals surface area contributed by atoms with Crippen molar-refractivity contribution in [1.82, 2.24) is 0 Å². The first-order valence-electron chi connectivity index (χ1n) is 7.50. The van der Waals surface area contributed by atoms with Crippen LogP contribution in [0.4, 0.5) is 5.69 Å². The number of hydrogen-bond donors (Lipinski definition) is 1. The molecule has 122 valence electrons. The second kappa shape index (κ2) is 11.7. The van der Waals surface area contributed by atoms with Crippen molar-refractivity contribution in [2.24, 2.45) is 4.99 Å². The van der Waals surface area contributed by atoms with Crippen molar-refractivity contribution < 1.29 is 22.1 Å². The zero-order chi connectivity index (χ0) is 17.1. The Hall–Kier alpha value is -0.796. The number of nitrogens with zero attached hydrogens (tertiary/aromatic N) is 1. The molecule has 2 aromatic rings. The number of halogens is 2. The molecular formula is C18H21Cl2NOTi. The van der Waals surface area contributed by atoms with E-state index in [0.29, 0.717) is 5.75 Å². The van der Waals surface area contributed by atoms with E-state index in [2.05, 4.69) is 24.9 Å². The molecule has 0 amide bonds. The number of aliphatic imine (C=N–C) groups is 1. The number of unbranched alkanes of at least 4 members (excludes halogenated alkanes) is 1. The van der Waals surface area contributed by atoms with Crippen LogP contribution in [0.25, 0.3) is 0 Å². The fourth-order valence-electron chi connectivity index (χ4n) is 2.20. The average molecular weight is 386 g/mol. The van der Waals surface area contributed by atoms with E-state index in [9.17, 15) is 5.11 Å². The molecule has 5 heteroatoms. The molecule has 0 spiro atoms. The molecule has 0 atom stereocenters. The summed E-state index contributed by atoms with van der Waals surface area (Å²) in [5.41, 5.74) is 3.85. The van der Waals surface area contributed by atoms with E-state index in [0.717, 1.165) is 41.6 Å². The average Bonchev–Trinajstić information content (AvgIpc) is 2.55. The van der Waals surface area contributed by atoms with E-state index in [1.165, 1.54) is 0 Å². The van der Waals surface area contributed by atoms with Gasteiger partial charge in [0, 0.05) is 11.8 Å². The van der Waals surface area contributed by atoms with Gasteiger partial charge in [-0.3, -0.25) is 4.99 Å². The Morgan fingerprint density at radius 2 is 1.83 bits per heavy atom. The van der Waals surface area contributed by atoms with Crippen LogP contribution in [0.1, 0.15) is 36.5 Å². The minimum absolute atomic E-state index is 0.365. The maximum atomic E-state index is 10.3. The summed E-state index contributed by atoms with van der Waals surface area (Å²) in [4.78, 5) is 4.41. The number of para-hydroxylation sites is 1. The number of rotatable bonds is 5. The van der Waals surface area contributed by atoms with Crippen LogP contribution in [-0.4, -0.2) is 11.3 Å². The molecule has 0 heterocycles. The van der Waals surface area contributed by atoms with Crippen molar-refractivity contribution >= 4 is 30.5 Å². The topological polar surface area (TPSA) is 32.6 Å². The van der Waals surface area contributed by atoms with Gasteiger partial charge in [-0.25, -0.2) is 0 Å². The first-order valence-corrected chi connectivity index (χ1v) is 11.8. The number of benzene rings is 2. The van der Waals surface area contributed by atoms with Gasteiger partial charge < -0.3 is 5.11 Å². The molecule has 0 radical (unpaired) electrons. The van der Waals surface area contributed by atoms with E-state index in [1.807, 2.05) is 36.4 Å². The van der Waals surface area contributed by atoms with E-state index in [1.54, 1.807) is 6.21 Å². The van der Waals surface area contributed by atoms with Crippen LogP contribution >= 0.6 is 18.6 Å². The van der Waals surface area contributed by atoms with E-state index >= 15 is 0 Å². The Balaban J connectivity index is 0.000000816. The van der Waals surface area contributed by atoms with Gasteiger partial charge in [-0.2, -0.15) is 0 Å². The van der Waals surface area contributed by atoms with Crippen molar-refractivity contribution in [3.05, 3.63) is 59.2 Å². The zero-order valence-electron chi connectivity index (χ0n) is 13.4. The molecule has 0 aliphatic rings. The Morgan fingerprint density at radius 1 is 1.17 bits per heavy atom. The second-order valence-corrected chi connectivity index (χ2v) is 7.71. The molecule has 0 unspecified atom stereocenters. The fourth-order valence-corrected chi connectivity index (χ4v) is 2.20. The van der Waals surface area contributed by atoms with Crippen LogP contribution in [0.5, 0.6) is 5.75 Å². The number of phenols is 1. The zero-order valence-corrected chi connectivity index (χ0v) is 16.5. The van der Waals surface area contributed by atoms with Crippen LogP contribution in [0.2, 0.25) is 0 Å². The summed E-state index contributed by atoms with van der Waals surface area (Å²) >= 11 is -0.556. The summed E-state index contributed by atoms with van der Waals surface area (Å²) < 4.78 is 0. The number of hydrogen-bond acceptors (Lipinski definition) is 2. The minimum atomic E-state index is -0.556. The van der Waals surface area contributed by atoms with Crippen molar-refractivity contribution in [1.29, 1.82) is 0 Å². The van der Waals surface area contributed by atoms with Gasteiger partial charge in [0.15, 0.2) is 0 Å². The molecule has 0 saturated heterocycles. The van der Waals surface area contributed by atoms with Crippen LogP contribution in [0.15, 0.2) is 47.5 Å². The standard InChI is InChI=1S/C18H21NO.2ClH.Ti/c1-3-4-8-15-11-14(2)12-16(18(15)20)13-19-17-9-6-5-7-10-17;;;/h5-7,9-13,20H,3-4,8H2,1-2H3;2*1H;/q;;;+2/p-2. The van der Waals surface area contributed by atoms with Gasteiger partial charge in [0.25, 0.3) is 0 Å². The molecule has 0 aliphatic carbocycles. The molecule has 0 bridgehead atoms. The molecule has 0 fully saturated rings. The fraction of sp³-hybridized carbons (Fsp3) is 0.278. The summed E-state index contributed by atoms with van der Waals surface area (Å²) in [7, 11) is 9.78. The maximum absolute atomic E-state index is 10.3. The number of phenolic OH excluding ortho intramolecular Hbond substituents is 1. The van der Waals surface area contributed by atoms with E-state index < -0.39 is 17.0 Å². The first kappa shape index (κ1) is 20.2. The number of aryl methyl sites for hydroxylation is 2. The van der Waals surface area contributed by atoms with E-state index in [-0.39, 0.29) is 0 Å². The predicted molar refractivity (Wildman–Crippen MR) is 96.9 cm³/mol. The van der Waals surface area contributed by atoms with Gasteiger partial charge in [0.1, 0.15) is 5.75 Å². The quantitative estimate of drug-likeness (QED) is 0.484. The van der Waals surface area contributed by atoms with Gasteiger partial charge in [-0.15, -0.1) is 0 Å². The Kier molecular flexibility index (Phi) is 10.3. The summed E-state index contributed by atoms with van der Waals surface area (Å²) in [5.74, 6) is 0.365. The SMILES string of the molecule is CCCCc1cc(C)cc(C=Nc2ccccc2)c1O.[Cl][Ti][Cl]. The van der Waals surface area contributed by atoms with Crippen molar-refractivity contribution in [2.45, 2.75) is 33.1 Å². The predicted octanol–water partition coefficient (Wildman–Crippen LogP) is 6.17. The second-order valence-electron chi connectivity index (χ2n) is 5.13. The molecule has 23 heavy (non-hydrogen) atoms. The third-order valence-electron chi connectivity index (χ3n) is 3.27. The van der Waals surface area contributed by atoms with Gasteiger partial charge in [0.2, 0.25) is 0 Å². The molecule has 0 saturated carbocycles. The molecule has 2 rings (SSSR count). The molecule has 0 aromatic heterocycles. The van der Waals surface area contributed by atoms with Gasteiger partial charge in [0.05, 0.1) is 5.69 Å². The van der Waals surface area contributed by atoms with Crippen molar-refractivity contribution in [3.63, 3.8) is 0 Å². The molecule has 1 N–H and O–H groups in total. The summed E-state index contributed by atoms with van der Waals surface area (Å²) in [6.45, 7) is 4.21. The molecule has 2 nitrogen and oxygen atoms in total. The normalized spacial score (nSPS) is 10.3. The van der Waals surface area contributed by atoms with Crippen LogP contribution in [0, 0.1) is 6.92 Å². The molecular weight excluding hydrogens is 365 g/mol. The van der Waals surface area contributed by atoms with Crippen molar-refractivity contribution in [2.75, 3.05) is 0 Å². The molecule has 0 aliphatic heterocycles. The van der Waals surface area contributed by atoms with Crippen LogP contribution in [0.3, 0.4) is 0 Å². The Labute approximate surface area is 155 Å². The van der Waals surface area contributed by atoms with Crippen LogP contribution in [-0.2, 0) is 23.5 Å². The third kappa shape index (κ3) is 7.54. The first-order chi connectivity index (χ1) is 11.1. The summed E-state index contributed by atoms with van der Waals surface area (Å²) in [6, 6.07) is 13.8. The summed E-state index contributed by atoms with van der Waals surface area (Å²) in [6.07, 6.45) is 4.87. The Morgan fingerprint density at radius 3 is 2.43 bits per heavy atom. The van der Waals surface area contributed by atoms with Gasteiger partial charge >= 0.3 is 35.6 Å². The monoisotopic (exact) mass is 385 g/mol. The van der Waals surface area contributed by atoms with Gasteiger partial charge in [-0.05, 0) is 49.1 Å². The third-order valence-corrected chi connectivity index (χ3v) is 3.27. The Bertz CT molecular complexity index is 618. The van der Waals surface area contributed by atoms with E-state index in [4.69, 9.17) is 18.6 Å². The van der Waals surface area contributed by atoms with Crippen LogP contribution < -0.4 is 0 Å². The van der Waals surface area contributed by atoms with Crippen molar-refractivity contribution in [3.8, 4) is 5.75 Å². The molecule has 2 aromatic carbocycles. The summed E-state index contributed by atoms with van der Waals surface area (Å²) in [5, 5.41) is 10.3. The number of aromatic hydroxyl groups is 1.